The summed E-state index contributed by atoms with van der Waals surface area (Å²) in [6.07, 6.45) is -8.49. The molecule has 0 saturated carbocycles. The molecule has 2 aliphatic rings. The predicted molar refractivity (Wildman–Crippen MR) is 178 cm³/mol. The normalized spacial score (nSPS) is 26.3. The smallest absolute Gasteiger partial charge is 0.233 e. The van der Waals surface area contributed by atoms with Gasteiger partial charge < -0.3 is 34.8 Å². The van der Waals surface area contributed by atoms with Gasteiger partial charge in [0.1, 0.15) is 30.2 Å². The molecule has 0 spiro atoms. The third-order valence-corrected chi connectivity index (χ3v) is 11.1. The molecule has 49 heavy (non-hydrogen) atoms. The number of hydrogen-bond acceptors (Lipinski definition) is 9. The van der Waals surface area contributed by atoms with Crippen LogP contribution in [0.2, 0.25) is 0 Å². The molecular weight excluding hydrogens is 653 g/mol. The monoisotopic (exact) mass is 691 g/mol. The molecule has 10 nitrogen and oxygen atoms in total. The van der Waals surface area contributed by atoms with Gasteiger partial charge in [-0.3, -0.25) is 4.79 Å². The van der Waals surface area contributed by atoms with E-state index in [-0.39, 0.29) is 23.6 Å². The number of sulfone groups is 1. The number of aliphatic hydroxyl groups excluding tert-OH is 4. The second-order valence-electron chi connectivity index (χ2n) is 12.4. The van der Waals surface area contributed by atoms with Gasteiger partial charge >= 0.3 is 0 Å². The Morgan fingerprint density at radius 2 is 1.51 bits per heavy atom. The zero-order valence-electron chi connectivity index (χ0n) is 26.6. The van der Waals surface area contributed by atoms with Crippen molar-refractivity contribution in [2.75, 3.05) is 17.8 Å². The minimum Gasteiger partial charge on any atom is -0.388 e. The Kier molecular flexibility index (Phi) is 10.3. The molecule has 12 heteroatoms. The summed E-state index contributed by atoms with van der Waals surface area (Å²) < 4.78 is 53.1. The Hall–Kier alpha value is -4.01. The van der Waals surface area contributed by atoms with Gasteiger partial charge in [0.15, 0.2) is 16.1 Å². The molecule has 258 valence electrons. The molecule has 2 heterocycles. The second kappa shape index (κ2) is 14.5. The lowest BCUT2D eigenvalue weighted by atomic mass is 9.78. The van der Waals surface area contributed by atoms with E-state index in [2.05, 4.69) is 0 Å². The minimum atomic E-state index is -4.33. The molecule has 0 aromatic heterocycles. The number of aliphatic hydroxyl groups is 4. The van der Waals surface area contributed by atoms with Crippen molar-refractivity contribution in [2.24, 2.45) is 5.92 Å². The highest BCUT2D eigenvalue weighted by atomic mass is 32.2. The number of para-hydroxylation sites is 1. The van der Waals surface area contributed by atoms with Crippen LogP contribution in [-0.4, -0.2) is 78.3 Å². The summed E-state index contributed by atoms with van der Waals surface area (Å²) in [6.45, 7) is 0. The van der Waals surface area contributed by atoms with E-state index in [1.165, 1.54) is 37.4 Å². The number of β-lactam (4-membered cyclic amide) rings is 1. The Labute approximate surface area is 283 Å². The van der Waals surface area contributed by atoms with Crippen molar-refractivity contribution in [3.8, 4) is 11.1 Å². The molecule has 8 atom stereocenters. The van der Waals surface area contributed by atoms with Gasteiger partial charge in [-0.05, 0) is 65.4 Å². The molecule has 0 bridgehead atoms. The molecule has 4 aromatic carbocycles. The number of carbonyl (C=O) groups is 1. The number of anilines is 1. The largest absolute Gasteiger partial charge is 0.388 e. The number of benzene rings is 4. The molecule has 1 amide bonds. The molecule has 4 N–H and O–H groups in total. The molecule has 0 radical (unpaired) electrons. The van der Waals surface area contributed by atoms with Gasteiger partial charge in [-0.2, -0.15) is 0 Å². The maximum Gasteiger partial charge on any atom is 0.233 e. The topological polar surface area (TPSA) is 154 Å². The fourth-order valence-corrected chi connectivity index (χ4v) is 8.41. The third kappa shape index (κ3) is 7.04. The average Bonchev–Trinajstić information content (AvgIpc) is 3.11. The summed E-state index contributed by atoms with van der Waals surface area (Å²) in [7, 11) is -3.10. The molecular formula is C37H38FNO9S. The van der Waals surface area contributed by atoms with Crippen molar-refractivity contribution >= 4 is 21.4 Å². The first-order valence-corrected chi connectivity index (χ1v) is 17.6. The van der Waals surface area contributed by atoms with Crippen LogP contribution in [0.5, 0.6) is 0 Å². The van der Waals surface area contributed by atoms with E-state index in [1.54, 1.807) is 47.4 Å². The van der Waals surface area contributed by atoms with Gasteiger partial charge in [-0.25, -0.2) is 12.8 Å². The molecule has 2 fully saturated rings. The lowest BCUT2D eigenvalue weighted by molar-refractivity contribution is -0.285. The van der Waals surface area contributed by atoms with Crippen LogP contribution in [0, 0.1) is 11.7 Å². The summed E-state index contributed by atoms with van der Waals surface area (Å²) in [5.41, 5.74) is 2.74. The molecule has 0 aliphatic carbocycles. The maximum atomic E-state index is 14.4. The van der Waals surface area contributed by atoms with Crippen molar-refractivity contribution < 1.29 is 47.5 Å². The summed E-state index contributed by atoms with van der Waals surface area (Å²) in [6, 6.07) is 27.7. The van der Waals surface area contributed by atoms with Gasteiger partial charge in [0.25, 0.3) is 0 Å². The Bertz CT molecular complexity index is 1860. The number of carbonyl (C=O) groups excluding carboxylic acids is 1. The van der Waals surface area contributed by atoms with Crippen molar-refractivity contribution in [1.82, 2.24) is 0 Å². The van der Waals surface area contributed by atoms with Crippen LogP contribution in [0.25, 0.3) is 11.1 Å². The number of methoxy groups -OCH3 is 1. The van der Waals surface area contributed by atoms with Crippen molar-refractivity contribution in [2.45, 2.75) is 60.6 Å². The van der Waals surface area contributed by atoms with Crippen LogP contribution in [0.4, 0.5) is 10.1 Å². The van der Waals surface area contributed by atoms with Crippen LogP contribution in [0.3, 0.4) is 0 Å². The summed E-state index contributed by atoms with van der Waals surface area (Å²) in [5, 5.41) is 42.4. The number of amides is 1. The first kappa shape index (κ1) is 34.8. The summed E-state index contributed by atoms with van der Waals surface area (Å²) in [4.78, 5) is 15.3. The highest BCUT2D eigenvalue weighted by Crippen LogP contribution is 2.48. The van der Waals surface area contributed by atoms with Gasteiger partial charge in [0.2, 0.25) is 5.91 Å². The van der Waals surface area contributed by atoms with Crippen LogP contribution >= 0.6 is 0 Å². The lowest BCUT2D eigenvalue weighted by Crippen LogP contribution is -2.59. The highest BCUT2D eigenvalue weighted by molar-refractivity contribution is 7.91. The van der Waals surface area contributed by atoms with Crippen LogP contribution < -0.4 is 4.90 Å². The van der Waals surface area contributed by atoms with E-state index in [0.29, 0.717) is 22.4 Å². The van der Waals surface area contributed by atoms with Crippen molar-refractivity contribution in [3.05, 3.63) is 120 Å². The van der Waals surface area contributed by atoms with Crippen molar-refractivity contribution in [3.63, 3.8) is 0 Å². The molecule has 6 rings (SSSR count). The van der Waals surface area contributed by atoms with Crippen LogP contribution in [0.1, 0.15) is 36.1 Å². The lowest BCUT2D eigenvalue weighted by Gasteiger charge is -2.48. The van der Waals surface area contributed by atoms with E-state index in [9.17, 15) is 38.0 Å². The van der Waals surface area contributed by atoms with E-state index in [1.807, 2.05) is 30.3 Å². The predicted octanol–water partition coefficient (Wildman–Crippen LogP) is 3.94. The number of rotatable bonds is 11. The molecule has 2 saturated heterocycles. The average molecular weight is 692 g/mol. The molecule has 4 aromatic rings. The molecule has 1 unspecified atom stereocenters. The second-order valence-corrected chi connectivity index (χ2v) is 14.4. The third-order valence-electron chi connectivity index (χ3n) is 9.31. The van der Waals surface area contributed by atoms with Crippen molar-refractivity contribution in [1.29, 1.82) is 0 Å². The number of halogens is 1. The first-order chi connectivity index (χ1) is 23.5. The first-order valence-electron chi connectivity index (χ1n) is 16.0. The Balaban J connectivity index is 1.40. The summed E-state index contributed by atoms with van der Waals surface area (Å²) in [5.74, 6) is -2.16. The highest BCUT2D eigenvalue weighted by Gasteiger charge is 2.51. The van der Waals surface area contributed by atoms with Crippen LogP contribution in [0.15, 0.2) is 108 Å². The fraction of sp³-hybridized carbons (Fsp3) is 0.324. The van der Waals surface area contributed by atoms with Gasteiger partial charge in [0, 0.05) is 12.8 Å². The van der Waals surface area contributed by atoms with E-state index in [4.69, 9.17) is 9.47 Å². The minimum absolute atomic E-state index is 0.0956. The Morgan fingerprint density at radius 1 is 0.857 bits per heavy atom. The zero-order chi connectivity index (χ0) is 34.9. The molecule has 2 aliphatic heterocycles. The van der Waals surface area contributed by atoms with E-state index >= 15 is 0 Å². The number of hydrogen-bond donors (Lipinski definition) is 4. The quantitative estimate of drug-likeness (QED) is 0.171. The standard InChI is InChI=1S/C37H38FNO9S/c1-47-37-35(43)34(42)33(41)30(48-37)21-49(45,46)31-20-24(22-8-4-2-5-9-22)14-17-27(31)32-28(36(44)39(32)26-10-6-3-7-11-26)18-19-29(40)23-12-15-25(38)16-13-23/h2-17,20,28-30,32-35,37,40-43H,18-19,21H2,1H3/t28-,29+,30?,32-,33+,34-,35+,37-/m1/s1. The van der Waals surface area contributed by atoms with Gasteiger partial charge in [-0.15, -0.1) is 0 Å². The van der Waals surface area contributed by atoms with Crippen LogP contribution in [-0.2, 0) is 24.1 Å². The maximum absolute atomic E-state index is 14.4. The summed E-state index contributed by atoms with van der Waals surface area (Å²) >= 11 is 0. The van der Waals surface area contributed by atoms with E-state index < -0.39 is 70.2 Å². The zero-order valence-corrected chi connectivity index (χ0v) is 27.4. The van der Waals surface area contributed by atoms with Gasteiger partial charge in [-0.1, -0.05) is 72.8 Å². The fourth-order valence-electron chi connectivity index (χ4n) is 6.66. The number of nitrogens with zero attached hydrogens (tertiary/aromatic N) is 1. The Morgan fingerprint density at radius 3 is 2.16 bits per heavy atom. The number of ether oxygens (including phenoxy) is 2. The van der Waals surface area contributed by atoms with E-state index in [0.717, 1.165) is 5.56 Å². The van der Waals surface area contributed by atoms with Gasteiger partial charge in [0.05, 0.1) is 28.7 Å². The SMILES string of the molecule is CO[C@@H]1OC(CS(=O)(=O)c2cc(-c3ccccc3)ccc2[C@@H]2[C@@H](CC[C@H](O)c3ccc(F)cc3)C(=O)N2c2ccccc2)[C@H](O)[C@@H](O)[C@@H]1O.